The van der Waals surface area contributed by atoms with E-state index >= 15 is 0 Å². The standard InChI is InChI=1S/C19H18N2O4/c1-2-24-15-8-4-3-7-14(15)20-18(23)12-25-16-9-5-6-13-10-11-17(22)21-19(13)16/h3-11H,2,12H2,1H3,(H,20,23)(H,21,22). The highest BCUT2D eigenvalue weighted by atomic mass is 16.5. The number of para-hydroxylation sites is 3. The van der Waals surface area contributed by atoms with Crippen LogP contribution in [0.2, 0.25) is 0 Å². The number of rotatable bonds is 6. The zero-order chi connectivity index (χ0) is 17.6. The summed E-state index contributed by atoms with van der Waals surface area (Å²) in [6.45, 7) is 2.20. The van der Waals surface area contributed by atoms with Gasteiger partial charge in [0.1, 0.15) is 11.5 Å². The van der Waals surface area contributed by atoms with E-state index in [0.717, 1.165) is 5.39 Å². The third-order valence-electron chi connectivity index (χ3n) is 3.54. The average molecular weight is 338 g/mol. The van der Waals surface area contributed by atoms with Crippen LogP contribution in [0.3, 0.4) is 0 Å². The Balaban J connectivity index is 1.71. The fraction of sp³-hybridized carbons (Fsp3) is 0.158. The fourth-order valence-corrected chi connectivity index (χ4v) is 2.45. The zero-order valence-corrected chi connectivity index (χ0v) is 13.7. The van der Waals surface area contributed by atoms with Gasteiger partial charge in [0.25, 0.3) is 5.91 Å². The SMILES string of the molecule is CCOc1ccccc1NC(=O)COc1cccc2ccc(=O)[nH]c12. The highest BCUT2D eigenvalue weighted by molar-refractivity contribution is 5.93. The summed E-state index contributed by atoms with van der Waals surface area (Å²) >= 11 is 0. The maximum atomic E-state index is 12.2. The van der Waals surface area contributed by atoms with E-state index < -0.39 is 0 Å². The van der Waals surface area contributed by atoms with Gasteiger partial charge in [0, 0.05) is 11.5 Å². The van der Waals surface area contributed by atoms with Crippen LogP contribution in [0.25, 0.3) is 10.9 Å². The first kappa shape index (κ1) is 16.6. The highest BCUT2D eigenvalue weighted by Crippen LogP contribution is 2.24. The van der Waals surface area contributed by atoms with Gasteiger partial charge in [-0.1, -0.05) is 24.3 Å². The normalized spacial score (nSPS) is 10.4. The fourth-order valence-electron chi connectivity index (χ4n) is 2.45. The molecule has 0 aliphatic heterocycles. The van der Waals surface area contributed by atoms with Crippen LogP contribution in [0.5, 0.6) is 11.5 Å². The smallest absolute Gasteiger partial charge is 0.262 e. The molecule has 0 radical (unpaired) electrons. The van der Waals surface area contributed by atoms with E-state index in [4.69, 9.17) is 9.47 Å². The molecule has 25 heavy (non-hydrogen) atoms. The number of carbonyl (C=O) groups excluding carboxylic acids is 1. The summed E-state index contributed by atoms with van der Waals surface area (Å²) in [6, 6.07) is 15.7. The van der Waals surface area contributed by atoms with Crippen LogP contribution in [-0.4, -0.2) is 24.1 Å². The van der Waals surface area contributed by atoms with Gasteiger partial charge in [0.2, 0.25) is 5.56 Å². The molecule has 0 spiro atoms. The molecule has 0 bridgehead atoms. The molecule has 6 heteroatoms. The van der Waals surface area contributed by atoms with Crippen molar-refractivity contribution in [3.8, 4) is 11.5 Å². The van der Waals surface area contributed by atoms with E-state index in [9.17, 15) is 9.59 Å². The second-order valence-electron chi connectivity index (χ2n) is 5.31. The molecule has 0 atom stereocenters. The van der Waals surface area contributed by atoms with Gasteiger partial charge < -0.3 is 19.8 Å². The summed E-state index contributed by atoms with van der Waals surface area (Å²) in [7, 11) is 0. The monoisotopic (exact) mass is 338 g/mol. The summed E-state index contributed by atoms with van der Waals surface area (Å²) in [4.78, 5) is 26.4. The Hall–Kier alpha value is -3.28. The second-order valence-corrected chi connectivity index (χ2v) is 5.31. The van der Waals surface area contributed by atoms with Crippen molar-refractivity contribution < 1.29 is 14.3 Å². The number of aromatic nitrogens is 1. The average Bonchev–Trinajstić information content (AvgIpc) is 2.62. The van der Waals surface area contributed by atoms with Crippen molar-refractivity contribution in [2.24, 2.45) is 0 Å². The van der Waals surface area contributed by atoms with Crippen molar-refractivity contribution in [2.75, 3.05) is 18.5 Å². The summed E-state index contributed by atoms with van der Waals surface area (Å²) in [5, 5.41) is 3.60. The van der Waals surface area contributed by atoms with Crippen molar-refractivity contribution in [2.45, 2.75) is 6.92 Å². The van der Waals surface area contributed by atoms with Crippen molar-refractivity contribution in [1.29, 1.82) is 0 Å². The Morgan fingerprint density at radius 1 is 1.00 bits per heavy atom. The Labute approximate surface area is 144 Å². The number of amides is 1. The molecule has 0 aliphatic carbocycles. The number of carbonyl (C=O) groups is 1. The van der Waals surface area contributed by atoms with Gasteiger partial charge in [0.15, 0.2) is 6.61 Å². The molecule has 1 heterocycles. The van der Waals surface area contributed by atoms with Crippen LogP contribution in [0.4, 0.5) is 5.69 Å². The Morgan fingerprint density at radius 2 is 1.80 bits per heavy atom. The molecule has 128 valence electrons. The van der Waals surface area contributed by atoms with E-state index in [1.165, 1.54) is 6.07 Å². The van der Waals surface area contributed by atoms with Crippen LogP contribution in [-0.2, 0) is 4.79 Å². The molecule has 3 rings (SSSR count). The van der Waals surface area contributed by atoms with Crippen LogP contribution in [0.15, 0.2) is 59.4 Å². The van der Waals surface area contributed by atoms with Gasteiger partial charge in [-0.15, -0.1) is 0 Å². The number of hydrogen-bond donors (Lipinski definition) is 2. The summed E-state index contributed by atoms with van der Waals surface area (Å²) in [5.74, 6) is 0.735. The van der Waals surface area contributed by atoms with Crippen LogP contribution < -0.4 is 20.3 Å². The van der Waals surface area contributed by atoms with Crippen molar-refractivity contribution in [3.63, 3.8) is 0 Å². The van der Waals surface area contributed by atoms with Gasteiger partial charge in [-0.2, -0.15) is 0 Å². The molecular formula is C19H18N2O4. The third kappa shape index (κ3) is 3.98. The second kappa shape index (κ2) is 7.53. The molecule has 0 saturated heterocycles. The Kier molecular flexibility index (Phi) is 4.99. The minimum Gasteiger partial charge on any atom is -0.492 e. The van der Waals surface area contributed by atoms with E-state index in [2.05, 4.69) is 10.3 Å². The van der Waals surface area contributed by atoms with E-state index in [-0.39, 0.29) is 18.1 Å². The van der Waals surface area contributed by atoms with E-state index in [1.807, 2.05) is 25.1 Å². The van der Waals surface area contributed by atoms with Crippen molar-refractivity contribution in [1.82, 2.24) is 4.98 Å². The maximum Gasteiger partial charge on any atom is 0.262 e. The van der Waals surface area contributed by atoms with Crippen molar-refractivity contribution in [3.05, 3.63) is 65.0 Å². The van der Waals surface area contributed by atoms with Crippen LogP contribution in [0.1, 0.15) is 6.92 Å². The minimum absolute atomic E-state index is 0.184. The number of ether oxygens (including phenoxy) is 2. The van der Waals surface area contributed by atoms with Gasteiger partial charge in [-0.3, -0.25) is 9.59 Å². The number of pyridine rings is 1. The Morgan fingerprint density at radius 3 is 2.64 bits per heavy atom. The highest BCUT2D eigenvalue weighted by Gasteiger charge is 2.09. The number of nitrogens with one attached hydrogen (secondary N) is 2. The lowest BCUT2D eigenvalue weighted by atomic mass is 10.2. The lowest BCUT2D eigenvalue weighted by Gasteiger charge is -2.12. The number of H-pyrrole nitrogens is 1. The molecule has 0 fully saturated rings. The molecule has 3 aromatic rings. The minimum atomic E-state index is -0.317. The summed E-state index contributed by atoms with van der Waals surface area (Å²) in [5.41, 5.74) is 0.931. The van der Waals surface area contributed by atoms with Gasteiger partial charge >= 0.3 is 0 Å². The number of benzene rings is 2. The predicted octanol–water partition coefficient (Wildman–Crippen LogP) is 2.94. The first-order chi connectivity index (χ1) is 12.2. The van der Waals surface area contributed by atoms with E-state index in [1.54, 1.807) is 30.3 Å². The van der Waals surface area contributed by atoms with Gasteiger partial charge in [0.05, 0.1) is 17.8 Å². The molecule has 0 unspecified atom stereocenters. The van der Waals surface area contributed by atoms with E-state index in [0.29, 0.717) is 29.3 Å². The molecule has 1 aromatic heterocycles. The largest absolute Gasteiger partial charge is 0.492 e. The molecule has 2 aromatic carbocycles. The molecule has 1 amide bonds. The van der Waals surface area contributed by atoms with Gasteiger partial charge in [-0.05, 0) is 31.2 Å². The zero-order valence-electron chi connectivity index (χ0n) is 13.7. The molecule has 0 saturated carbocycles. The quantitative estimate of drug-likeness (QED) is 0.724. The van der Waals surface area contributed by atoms with Crippen LogP contribution >= 0.6 is 0 Å². The topological polar surface area (TPSA) is 80.4 Å². The third-order valence-corrected chi connectivity index (χ3v) is 3.54. The first-order valence-electron chi connectivity index (χ1n) is 7.94. The first-order valence-corrected chi connectivity index (χ1v) is 7.94. The number of aromatic amines is 1. The number of fused-ring (bicyclic) bond motifs is 1. The summed E-state index contributed by atoms with van der Waals surface area (Å²) in [6.07, 6.45) is 0. The van der Waals surface area contributed by atoms with Crippen molar-refractivity contribution >= 4 is 22.5 Å². The lowest BCUT2D eigenvalue weighted by Crippen LogP contribution is -2.21. The van der Waals surface area contributed by atoms with Crippen LogP contribution in [0, 0.1) is 0 Å². The number of hydrogen-bond acceptors (Lipinski definition) is 4. The molecular weight excluding hydrogens is 320 g/mol. The van der Waals surface area contributed by atoms with Gasteiger partial charge in [-0.25, -0.2) is 0 Å². The summed E-state index contributed by atoms with van der Waals surface area (Å²) < 4.78 is 11.1. The molecule has 6 nitrogen and oxygen atoms in total. The lowest BCUT2D eigenvalue weighted by molar-refractivity contribution is -0.118. The molecule has 0 aliphatic rings. The maximum absolute atomic E-state index is 12.2. The predicted molar refractivity (Wildman–Crippen MR) is 96.3 cm³/mol. The Bertz CT molecular complexity index is 949. The number of anilines is 1. The molecule has 2 N–H and O–H groups in total.